The maximum Gasteiger partial charge on any atom is 0.434 e. The van der Waals surface area contributed by atoms with Crippen molar-refractivity contribution in [3.8, 4) is 0 Å². The highest BCUT2D eigenvalue weighted by Crippen LogP contribution is 2.34. The number of carbonyl (C=O) groups excluding carboxylic acids is 1. The zero-order valence-corrected chi connectivity index (χ0v) is 10.7. The molecule has 0 radical (unpaired) electrons. The molecular formula is C11H11ClF3NO2. The van der Waals surface area contributed by atoms with Gasteiger partial charge in [0.05, 0.1) is 5.02 Å². The number of ether oxygens (including phenoxy) is 1. The van der Waals surface area contributed by atoms with Crippen LogP contribution in [0.15, 0.2) is 12.3 Å². The predicted octanol–water partition coefficient (Wildman–Crippen LogP) is 3.71. The van der Waals surface area contributed by atoms with Gasteiger partial charge >= 0.3 is 12.1 Å². The first kappa shape index (κ1) is 14.8. The summed E-state index contributed by atoms with van der Waals surface area (Å²) in [6.07, 6.45) is -3.88. The molecule has 0 aromatic carbocycles. The molecule has 0 fully saturated rings. The van der Waals surface area contributed by atoms with Gasteiger partial charge < -0.3 is 4.74 Å². The van der Waals surface area contributed by atoms with Crippen molar-refractivity contribution < 1.29 is 22.7 Å². The number of carbonyl (C=O) groups is 1. The molecule has 3 nitrogen and oxygen atoms in total. The first-order chi connectivity index (χ1) is 8.02. The largest absolute Gasteiger partial charge is 0.456 e. The molecule has 0 amide bonds. The number of alkyl halides is 3. The van der Waals surface area contributed by atoms with Crippen LogP contribution in [0.4, 0.5) is 13.2 Å². The molecule has 1 aromatic heterocycles. The summed E-state index contributed by atoms with van der Waals surface area (Å²) < 4.78 is 43.0. The third-order valence-electron chi connectivity index (χ3n) is 1.77. The fourth-order valence-corrected chi connectivity index (χ4v) is 1.40. The molecule has 0 atom stereocenters. The Hall–Kier alpha value is -1.30. The van der Waals surface area contributed by atoms with Crippen molar-refractivity contribution in [2.24, 2.45) is 0 Å². The monoisotopic (exact) mass is 281 g/mol. The maximum absolute atomic E-state index is 12.7. The minimum absolute atomic E-state index is 0.341. The summed E-state index contributed by atoms with van der Waals surface area (Å²) in [4.78, 5) is 14.9. The molecule has 7 heteroatoms. The standard InChI is InChI=1S/C11H11ClF3NO2/c1-10(2,3)18-9(17)7-6(12)4-5-16-8(7)11(13,14)15/h4-5H,1-3H3. The summed E-state index contributed by atoms with van der Waals surface area (Å²) >= 11 is 5.62. The highest BCUT2D eigenvalue weighted by molar-refractivity contribution is 6.33. The minimum atomic E-state index is -4.77. The molecule has 0 aliphatic heterocycles. The van der Waals surface area contributed by atoms with Crippen LogP contribution in [0.25, 0.3) is 0 Å². The van der Waals surface area contributed by atoms with Crippen LogP contribution in [0.1, 0.15) is 36.8 Å². The van der Waals surface area contributed by atoms with Crippen LogP contribution in [0.3, 0.4) is 0 Å². The lowest BCUT2D eigenvalue weighted by atomic mass is 10.1. The molecule has 0 bridgehead atoms. The van der Waals surface area contributed by atoms with E-state index in [1.54, 1.807) is 20.8 Å². The molecule has 0 saturated carbocycles. The molecule has 100 valence electrons. The van der Waals surface area contributed by atoms with Gasteiger partial charge in [-0.1, -0.05) is 11.6 Å². The Balaban J connectivity index is 3.27. The zero-order valence-electron chi connectivity index (χ0n) is 9.93. The summed E-state index contributed by atoms with van der Waals surface area (Å²) in [5.74, 6) is -1.15. The van der Waals surface area contributed by atoms with Gasteiger partial charge in [-0.05, 0) is 26.8 Å². The topological polar surface area (TPSA) is 39.2 Å². The normalized spacial score (nSPS) is 12.4. The highest BCUT2D eigenvalue weighted by atomic mass is 35.5. The number of nitrogens with zero attached hydrogens (tertiary/aromatic N) is 1. The Morgan fingerprint density at radius 3 is 2.33 bits per heavy atom. The van der Waals surface area contributed by atoms with E-state index in [0.29, 0.717) is 0 Å². The number of hydrogen-bond acceptors (Lipinski definition) is 3. The van der Waals surface area contributed by atoms with Gasteiger partial charge in [-0.15, -0.1) is 0 Å². The Labute approximate surface area is 107 Å². The van der Waals surface area contributed by atoms with E-state index in [1.807, 2.05) is 0 Å². The summed E-state index contributed by atoms with van der Waals surface area (Å²) in [6, 6.07) is 1.11. The average molecular weight is 282 g/mol. The van der Waals surface area contributed by atoms with Crippen LogP contribution in [0.5, 0.6) is 0 Å². The first-order valence-electron chi connectivity index (χ1n) is 4.97. The Morgan fingerprint density at radius 2 is 1.89 bits per heavy atom. The maximum atomic E-state index is 12.7. The summed E-state index contributed by atoms with van der Waals surface area (Å²) in [7, 11) is 0. The van der Waals surface area contributed by atoms with Crippen LogP contribution in [-0.2, 0) is 10.9 Å². The van der Waals surface area contributed by atoms with E-state index >= 15 is 0 Å². The van der Waals surface area contributed by atoms with Gasteiger partial charge in [-0.25, -0.2) is 4.79 Å². The van der Waals surface area contributed by atoms with Gasteiger partial charge in [0.15, 0.2) is 5.69 Å². The summed E-state index contributed by atoms with van der Waals surface area (Å²) in [5, 5.41) is -0.341. The SMILES string of the molecule is CC(C)(C)OC(=O)c1c(Cl)ccnc1C(F)(F)F. The van der Waals surface area contributed by atoms with Crippen LogP contribution in [0.2, 0.25) is 5.02 Å². The molecule has 0 aliphatic carbocycles. The van der Waals surface area contributed by atoms with Crippen molar-refractivity contribution in [2.75, 3.05) is 0 Å². The lowest BCUT2D eigenvalue weighted by Crippen LogP contribution is -2.26. The molecule has 1 rings (SSSR count). The van der Waals surface area contributed by atoms with Crippen molar-refractivity contribution in [3.63, 3.8) is 0 Å². The molecule has 18 heavy (non-hydrogen) atoms. The van der Waals surface area contributed by atoms with Crippen molar-refractivity contribution in [1.82, 2.24) is 4.98 Å². The van der Waals surface area contributed by atoms with Gasteiger partial charge in [-0.2, -0.15) is 13.2 Å². The van der Waals surface area contributed by atoms with E-state index in [2.05, 4.69) is 4.98 Å². The van der Waals surface area contributed by atoms with Crippen molar-refractivity contribution in [2.45, 2.75) is 32.5 Å². The zero-order chi connectivity index (χ0) is 14.1. The van der Waals surface area contributed by atoms with Crippen LogP contribution in [0, 0.1) is 0 Å². The second-order valence-corrected chi connectivity index (χ2v) is 4.92. The molecule has 1 aromatic rings. The first-order valence-corrected chi connectivity index (χ1v) is 5.35. The lowest BCUT2D eigenvalue weighted by molar-refractivity contribution is -0.141. The fourth-order valence-electron chi connectivity index (χ4n) is 1.18. The molecule has 0 N–H and O–H groups in total. The van der Waals surface area contributed by atoms with Gasteiger partial charge in [0, 0.05) is 6.20 Å². The van der Waals surface area contributed by atoms with Crippen molar-refractivity contribution >= 4 is 17.6 Å². The Morgan fingerprint density at radius 1 is 1.33 bits per heavy atom. The number of rotatable bonds is 1. The number of esters is 1. The van der Waals surface area contributed by atoms with Crippen LogP contribution < -0.4 is 0 Å². The third-order valence-corrected chi connectivity index (χ3v) is 2.09. The van der Waals surface area contributed by atoms with Crippen LogP contribution in [-0.4, -0.2) is 16.6 Å². The second kappa shape index (κ2) is 4.76. The smallest absolute Gasteiger partial charge is 0.434 e. The van der Waals surface area contributed by atoms with E-state index in [-0.39, 0.29) is 5.02 Å². The minimum Gasteiger partial charge on any atom is -0.456 e. The van der Waals surface area contributed by atoms with E-state index in [1.165, 1.54) is 0 Å². The molecule has 0 spiro atoms. The van der Waals surface area contributed by atoms with E-state index < -0.39 is 29.0 Å². The van der Waals surface area contributed by atoms with E-state index in [9.17, 15) is 18.0 Å². The van der Waals surface area contributed by atoms with E-state index in [4.69, 9.17) is 16.3 Å². The van der Waals surface area contributed by atoms with Gasteiger partial charge in [0.2, 0.25) is 0 Å². The lowest BCUT2D eigenvalue weighted by Gasteiger charge is -2.21. The molecule has 0 unspecified atom stereocenters. The number of pyridine rings is 1. The summed E-state index contributed by atoms with van der Waals surface area (Å²) in [5.41, 5.74) is -3.02. The second-order valence-electron chi connectivity index (χ2n) is 4.52. The molecule has 1 heterocycles. The summed E-state index contributed by atoms with van der Waals surface area (Å²) in [6.45, 7) is 4.63. The van der Waals surface area contributed by atoms with Gasteiger partial charge in [-0.3, -0.25) is 4.98 Å². The fraction of sp³-hybridized carbons (Fsp3) is 0.455. The third kappa shape index (κ3) is 3.60. The number of hydrogen-bond donors (Lipinski definition) is 0. The number of halogens is 4. The molecular weight excluding hydrogens is 271 g/mol. The Bertz CT molecular complexity index is 466. The quantitative estimate of drug-likeness (QED) is 0.737. The van der Waals surface area contributed by atoms with Crippen molar-refractivity contribution in [3.05, 3.63) is 28.5 Å². The predicted molar refractivity (Wildman–Crippen MR) is 59.4 cm³/mol. The highest BCUT2D eigenvalue weighted by Gasteiger charge is 2.39. The van der Waals surface area contributed by atoms with Gasteiger partial charge in [0.1, 0.15) is 11.2 Å². The van der Waals surface area contributed by atoms with E-state index in [0.717, 1.165) is 12.3 Å². The molecule has 0 aliphatic rings. The average Bonchev–Trinajstić information content (AvgIpc) is 2.12. The molecule has 0 saturated heterocycles. The van der Waals surface area contributed by atoms with Gasteiger partial charge in [0.25, 0.3) is 0 Å². The van der Waals surface area contributed by atoms with Crippen molar-refractivity contribution in [1.29, 1.82) is 0 Å². The Kier molecular flexibility index (Phi) is 3.90. The van der Waals surface area contributed by atoms with Crippen LogP contribution >= 0.6 is 11.6 Å². The number of aromatic nitrogens is 1.